The summed E-state index contributed by atoms with van der Waals surface area (Å²) in [4.78, 5) is 6.18. The van der Waals surface area contributed by atoms with Crippen molar-refractivity contribution in [1.82, 2.24) is 24.5 Å². The molecule has 3 aromatic heterocycles. The summed E-state index contributed by atoms with van der Waals surface area (Å²) in [6.45, 7) is 0.529. The van der Waals surface area contributed by atoms with Crippen molar-refractivity contribution < 1.29 is 13.2 Å². The van der Waals surface area contributed by atoms with Gasteiger partial charge in [-0.2, -0.15) is 13.2 Å². The highest BCUT2D eigenvalue weighted by Crippen LogP contribution is 2.41. The van der Waals surface area contributed by atoms with Crippen molar-refractivity contribution in [2.45, 2.75) is 43.4 Å². The van der Waals surface area contributed by atoms with Crippen LogP contribution in [0, 0.1) is 0 Å². The van der Waals surface area contributed by atoms with Gasteiger partial charge in [-0.15, -0.1) is 35.0 Å². The molecule has 0 spiro atoms. The average Bonchev–Trinajstić information content (AvgIpc) is 3.42. The number of halogens is 5. The van der Waals surface area contributed by atoms with E-state index in [1.807, 2.05) is 12.1 Å². The Labute approximate surface area is 212 Å². The molecular weight excluding hydrogens is 500 g/mol. The molecule has 0 radical (unpaired) electrons. The second kappa shape index (κ2) is 9.54. The number of nitrogens with two attached hydrogens (primary N) is 1. The van der Waals surface area contributed by atoms with Crippen LogP contribution in [0.25, 0.3) is 28.1 Å². The summed E-state index contributed by atoms with van der Waals surface area (Å²) in [5.74, 6) is 1.03. The van der Waals surface area contributed by atoms with Gasteiger partial charge < -0.3 is 5.73 Å². The molecule has 35 heavy (non-hydrogen) atoms. The molecule has 2 aliphatic rings. The lowest BCUT2D eigenvalue weighted by molar-refractivity contribution is -0.183. The molecule has 1 aliphatic carbocycles. The zero-order valence-corrected chi connectivity index (χ0v) is 20.3. The monoisotopic (exact) mass is 524 g/mol. The molecule has 0 amide bonds. The normalized spacial score (nSPS) is 19.5. The van der Waals surface area contributed by atoms with E-state index in [0.29, 0.717) is 36.0 Å². The first-order valence-corrected chi connectivity index (χ1v) is 11.2. The first kappa shape index (κ1) is 25.6. The third-order valence-corrected chi connectivity index (χ3v) is 6.67. The zero-order valence-electron chi connectivity index (χ0n) is 18.7. The lowest BCUT2D eigenvalue weighted by Gasteiger charge is -2.30. The Bertz CT molecular complexity index is 1350. The van der Waals surface area contributed by atoms with Gasteiger partial charge in [0, 0.05) is 30.7 Å². The quantitative estimate of drug-likeness (QED) is 0.392. The molecule has 2 fully saturated rings. The maximum absolute atomic E-state index is 14.1. The van der Waals surface area contributed by atoms with E-state index in [1.54, 1.807) is 10.5 Å². The number of fused-ring (bicyclic) bond motifs is 2. The maximum Gasteiger partial charge on any atom is 0.408 e. The second-order valence-corrected chi connectivity index (χ2v) is 9.12. The summed E-state index contributed by atoms with van der Waals surface area (Å²) in [6.07, 6.45) is 0.0121. The Kier molecular flexibility index (Phi) is 6.98. The van der Waals surface area contributed by atoms with E-state index >= 15 is 0 Å². The summed E-state index contributed by atoms with van der Waals surface area (Å²) in [7, 11) is 0. The van der Waals surface area contributed by atoms with E-state index in [0.717, 1.165) is 10.9 Å². The number of rotatable bonds is 4. The number of hydrogen-bond acceptors (Lipinski definition) is 5. The van der Waals surface area contributed by atoms with Crippen LogP contribution in [-0.4, -0.2) is 49.8 Å². The highest BCUT2D eigenvalue weighted by Gasteiger charge is 2.46. The molecule has 1 saturated heterocycles. The molecule has 4 heterocycles. The Morgan fingerprint density at radius 2 is 1.74 bits per heavy atom. The van der Waals surface area contributed by atoms with Crippen molar-refractivity contribution in [3.05, 3.63) is 59.8 Å². The van der Waals surface area contributed by atoms with Crippen LogP contribution in [0.5, 0.6) is 0 Å². The molecule has 4 aromatic rings. The predicted octanol–water partition coefficient (Wildman–Crippen LogP) is 5.30. The average molecular weight is 525 g/mol. The van der Waals surface area contributed by atoms with Crippen LogP contribution < -0.4 is 5.73 Å². The summed E-state index contributed by atoms with van der Waals surface area (Å²) in [5, 5.41) is 9.43. The Hall–Kier alpha value is -2.46. The largest absolute Gasteiger partial charge is 0.408 e. The fourth-order valence-electron chi connectivity index (χ4n) is 4.83. The number of alkyl halides is 3. The number of pyridine rings is 2. The molecule has 186 valence electrons. The van der Waals surface area contributed by atoms with Gasteiger partial charge in [-0.05, 0) is 54.5 Å². The van der Waals surface area contributed by atoms with E-state index in [2.05, 4.69) is 28.4 Å². The van der Waals surface area contributed by atoms with Crippen molar-refractivity contribution in [2.24, 2.45) is 5.73 Å². The fraction of sp³-hybridized carbons (Fsp3) is 0.375. The first-order chi connectivity index (χ1) is 15.9. The summed E-state index contributed by atoms with van der Waals surface area (Å²) in [5.41, 5.74) is 9.21. The lowest BCUT2D eigenvalue weighted by Crippen LogP contribution is -2.38. The van der Waals surface area contributed by atoms with Crippen molar-refractivity contribution in [3.63, 3.8) is 0 Å². The van der Waals surface area contributed by atoms with Crippen LogP contribution in [0.1, 0.15) is 42.3 Å². The van der Waals surface area contributed by atoms with Gasteiger partial charge in [0.2, 0.25) is 0 Å². The van der Waals surface area contributed by atoms with Gasteiger partial charge in [0.05, 0.1) is 5.52 Å². The van der Waals surface area contributed by atoms with Crippen molar-refractivity contribution in [2.75, 3.05) is 13.1 Å². The molecule has 1 unspecified atom stereocenters. The Morgan fingerprint density at radius 3 is 2.43 bits per heavy atom. The smallest absolute Gasteiger partial charge is 0.326 e. The van der Waals surface area contributed by atoms with Crippen LogP contribution in [0.15, 0.2) is 48.7 Å². The standard InChI is InChI=1S/C24H23F3N6.2ClH/c25-24(26,27)22(32-10-9-18(28)13-32)17-6-8-21-30-31-23(33(21)12-17)19-7-5-15-3-4-16(14-1-2-14)11-20(15)29-19;;/h3-8,11-12,14,18,22H,1-2,9-10,13,28H2;2*1H/t18-,22?;;/m0../s1. The first-order valence-electron chi connectivity index (χ1n) is 11.2. The molecule has 1 aromatic carbocycles. The molecule has 2 atom stereocenters. The maximum atomic E-state index is 14.1. The summed E-state index contributed by atoms with van der Waals surface area (Å²) >= 11 is 0. The lowest BCUT2D eigenvalue weighted by atomic mass is 10.1. The minimum absolute atomic E-state index is 0. The molecule has 1 aliphatic heterocycles. The molecule has 6 nitrogen and oxygen atoms in total. The SMILES string of the molecule is Cl.Cl.N[C@H]1CCN(C(c2ccc3nnc(-c4ccc5ccc(C6CC6)cc5n4)n3c2)C(F)(F)F)C1. The van der Waals surface area contributed by atoms with Gasteiger partial charge in [-0.25, -0.2) is 4.98 Å². The van der Waals surface area contributed by atoms with Crippen LogP contribution in [0.2, 0.25) is 0 Å². The van der Waals surface area contributed by atoms with Gasteiger partial charge in [0.15, 0.2) is 11.5 Å². The van der Waals surface area contributed by atoms with E-state index in [4.69, 9.17) is 10.7 Å². The van der Waals surface area contributed by atoms with Gasteiger partial charge >= 0.3 is 6.18 Å². The van der Waals surface area contributed by atoms with Crippen LogP contribution in [0.4, 0.5) is 13.2 Å². The number of aromatic nitrogens is 4. The third-order valence-electron chi connectivity index (χ3n) is 6.67. The third kappa shape index (κ3) is 4.82. The van der Waals surface area contributed by atoms with Crippen LogP contribution in [0.3, 0.4) is 0 Å². The molecule has 0 bridgehead atoms. The summed E-state index contributed by atoms with van der Waals surface area (Å²) in [6, 6.07) is 11.2. The number of nitrogens with zero attached hydrogens (tertiary/aromatic N) is 5. The highest BCUT2D eigenvalue weighted by molar-refractivity contribution is 5.85. The summed E-state index contributed by atoms with van der Waals surface area (Å²) < 4.78 is 43.8. The number of benzene rings is 1. The van der Waals surface area contributed by atoms with Crippen molar-refractivity contribution >= 4 is 41.4 Å². The number of hydrogen-bond donors (Lipinski definition) is 1. The van der Waals surface area contributed by atoms with Gasteiger partial charge in [0.25, 0.3) is 0 Å². The molecule has 1 saturated carbocycles. The van der Waals surface area contributed by atoms with E-state index in [9.17, 15) is 13.2 Å². The molecule has 6 rings (SSSR count). The zero-order chi connectivity index (χ0) is 22.7. The van der Waals surface area contributed by atoms with E-state index in [-0.39, 0.29) is 43.0 Å². The molecule has 2 N–H and O–H groups in total. The number of likely N-dealkylation sites (tertiary alicyclic amines) is 1. The minimum atomic E-state index is -4.42. The highest BCUT2D eigenvalue weighted by atomic mass is 35.5. The van der Waals surface area contributed by atoms with Crippen LogP contribution in [-0.2, 0) is 0 Å². The van der Waals surface area contributed by atoms with Crippen molar-refractivity contribution in [3.8, 4) is 11.5 Å². The predicted molar refractivity (Wildman–Crippen MR) is 133 cm³/mol. The van der Waals surface area contributed by atoms with E-state index in [1.165, 1.54) is 35.6 Å². The topological polar surface area (TPSA) is 72.3 Å². The fourth-order valence-corrected chi connectivity index (χ4v) is 4.83. The Morgan fingerprint density at radius 1 is 0.971 bits per heavy atom. The second-order valence-electron chi connectivity index (χ2n) is 9.12. The van der Waals surface area contributed by atoms with Crippen LogP contribution >= 0.6 is 24.8 Å². The van der Waals surface area contributed by atoms with Gasteiger partial charge in [0.1, 0.15) is 11.7 Å². The van der Waals surface area contributed by atoms with E-state index < -0.39 is 12.2 Å². The van der Waals surface area contributed by atoms with Crippen molar-refractivity contribution in [1.29, 1.82) is 0 Å². The van der Waals surface area contributed by atoms with Gasteiger partial charge in [-0.1, -0.05) is 24.3 Å². The molecular formula is C24H25Cl2F3N6. The minimum Gasteiger partial charge on any atom is -0.326 e. The molecule has 11 heteroatoms. The Balaban J connectivity index is 0.00000144. The van der Waals surface area contributed by atoms with Gasteiger partial charge in [-0.3, -0.25) is 9.30 Å².